The normalized spacial score (nSPS) is 10.6. The average Bonchev–Trinajstić information content (AvgIpc) is 2.79. The topological polar surface area (TPSA) is 75.4 Å². The van der Waals surface area contributed by atoms with Crippen molar-refractivity contribution < 1.29 is 9.59 Å². The van der Waals surface area contributed by atoms with Crippen molar-refractivity contribution in [3.05, 3.63) is 28.1 Å². The number of nitrogens with two attached hydrogens (primary N) is 1. The van der Waals surface area contributed by atoms with E-state index < -0.39 is 0 Å². The average molecular weight is 326 g/mol. The highest BCUT2D eigenvalue weighted by atomic mass is 35.5. The van der Waals surface area contributed by atoms with E-state index in [1.807, 2.05) is 6.92 Å². The zero-order chi connectivity index (χ0) is 15.6. The molecule has 0 aliphatic heterocycles. The third kappa shape index (κ3) is 3.28. The zero-order valence-corrected chi connectivity index (χ0v) is 13.3. The van der Waals surface area contributed by atoms with Gasteiger partial charge in [0.05, 0.1) is 12.2 Å². The highest BCUT2D eigenvalue weighted by Gasteiger charge is 2.17. The summed E-state index contributed by atoms with van der Waals surface area (Å²) in [6.45, 7) is 2.42. The van der Waals surface area contributed by atoms with Crippen LogP contribution in [-0.4, -0.2) is 36.9 Å². The maximum Gasteiger partial charge on any atom is 0.263 e. The van der Waals surface area contributed by atoms with Crippen LogP contribution < -0.4 is 11.1 Å². The van der Waals surface area contributed by atoms with E-state index in [9.17, 15) is 9.59 Å². The highest BCUT2D eigenvalue weighted by Crippen LogP contribution is 2.35. The summed E-state index contributed by atoms with van der Waals surface area (Å²) in [5.74, 6) is -0.490. The fraction of sp³-hybridized carbons (Fsp3) is 0.286. The number of nitrogens with one attached hydrogen (secondary N) is 1. The molecule has 0 radical (unpaired) electrons. The van der Waals surface area contributed by atoms with Gasteiger partial charge in [-0.3, -0.25) is 9.59 Å². The molecule has 5 nitrogen and oxygen atoms in total. The molecule has 112 valence electrons. The van der Waals surface area contributed by atoms with E-state index in [-0.39, 0.29) is 18.4 Å². The Morgan fingerprint density at radius 2 is 2.14 bits per heavy atom. The fourth-order valence-electron chi connectivity index (χ4n) is 1.81. The van der Waals surface area contributed by atoms with Gasteiger partial charge in [-0.2, -0.15) is 0 Å². The Morgan fingerprint density at radius 1 is 1.43 bits per heavy atom. The van der Waals surface area contributed by atoms with Crippen LogP contribution in [0.15, 0.2) is 18.2 Å². The third-order valence-corrected chi connectivity index (χ3v) is 4.60. The number of likely N-dealkylation sites (N-methyl/N-ethyl adjacent to an activating group) is 1. The number of amides is 2. The number of anilines is 1. The number of nitrogens with zero attached hydrogens (tertiary/aromatic N) is 1. The number of halogens is 1. The molecule has 2 rings (SSSR count). The molecule has 21 heavy (non-hydrogen) atoms. The van der Waals surface area contributed by atoms with Gasteiger partial charge in [-0.25, -0.2) is 0 Å². The minimum absolute atomic E-state index is 0.0440. The minimum atomic E-state index is -0.345. The van der Waals surface area contributed by atoms with Crippen molar-refractivity contribution in [2.75, 3.05) is 25.9 Å². The van der Waals surface area contributed by atoms with Crippen LogP contribution in [0.3, 0.4) is 0 Å². The monoisotopic (exact) mass is 325 g/mol. The van der Waals surface area contributed by atoms with Crippen molar-refractivity contribution in [1.82, 2.24) is 10.2 Å². The molecule has 1 aromatic carbocycles. The number of hydrogen-bond donors (Lipinski definition) is 2. The molecule has 1 aromatic heterocycles. The summed E-state index contributed by atoms with van der Waals surface area (Å²) in [5.41, 5.74) is 6.41. The molecule has 7 heteroatoms. The van der Waals surface area contributed by atoms with Crippen LogP contribution >= 0.6 is 22.9 Å². The Kier molecular flexibility index (Phi) is 4.69. The number of benzene rings is 1. The van der Waals surface area contributed by atoms with E-state index in [1.54, 1.807) is 25.2 Å². The van der Waals surface area contributed by atoms with Gasteiger partial charge >= 0.3 is 0 Å². The Bertz CT molecular complexity index is 699. The molecule has 0 saturated heterocycles. The van der Waals surface area contributed by atoms with Gasteiger partial charge in [0.2, 0.25) is 5.91 Å². The van der Waals surface area contributed by atoms with Crippen molar-refractivity contribution >= 4 is 50.5 Å². The van der Waals surface area contributed by atoms with Gasteiger partial charge in [-0.15, -0.1) is 11.3 Å². The van der Waals surface area contributed by atoms with Crippen LogP contribution in [0.5, 0.6) is 0 Å². The summed E-state index contributed by atoms with van der Waals surface area (Å²) in [7, 11) is 1.68. The molecule has 3 N–H and O–H groups in total. The molecule has 0 saturated carbocycles. The second kappa shape index (κ2) is 6.32. The SMILES string of the molecule is CCN(C)C(=O)CNC(=O)c1sc2cc(Cl)ccc2c1N. The number of carbonyl (C=O) groups excluding carboxylic acids is 2. The van der Waals surface area contributed by atoms with Gasteiger partial charge in [0.25, 0.3) is 5.91 Å². The molecule has 1 heterocycles. The summed E-state index contributed by atoms with van der Waals surface area (Å²) < 4.78 is 0.849. The predicted molar refractivity (Wildman–Crippen MR) is 86.9 cm³/mol. The summed E-state index contributed by atoms with van der Waals surface area (Å²) in [6.07, 6.45) is 0. The lowest BCUT2D eigenvalue weighted by Crippen LogP contribution is -2.37. The van der Waals surface area contributed by atoms with Crippen LogP contribution in [-0.2, 0) is 4.79 Å². The summed E-state index contributed by atoms with van der Waals surface area (Å²) in [5, 5.41) is 3.99. The maximum atomic E-state index is 12.2. The molecular formula is C14H16ClN3O2S. The zero-order valence-electron chi connectivity index (χ0n) is 11.8. The summed E-state index contributed by atoms with van der Waals surface area (Å²) >= 11 is 7.19. The van der Waals surface area contributed by atoms with E-state index in [4.69, 9.17) is 17.3 Å². The number of rotatable bonds is 4. The number of fused-ring (bicyclic) bond motifs is 1. The first-order valence-electron chi connectivity index (χ1n) is 6.43. The van der Waals surface area contributed by atoms with Crippen LogP contribution in [0, 0.1) is 0 Å². The minimum Gasteiger partial charge on any atom is -0.397 e. The van der Waals surface area contributed by atoms with E-state index >= 15 is 0 Å². The Morgan fingerprint density at radius 3 is 2.81 bits per heavy atom. The van der Waals surface area contributed by atoms with Gasteiger partial charge in [0.1, 0.15) is 4.88 Å². The second-order valence-electron chi connectivity index (χ2n) is 4.58. The Balaban J connectivity index is 2.16. The molecule has 2 amide bonds. The lowest BCUT2D eigenvalue weighted by atomic mass is 10.2. The van der Waals surface area contributed by atoms with Crippen molar-refractivity contribution in [2.24, 2.45) is 0 Å². The highest BCUT2D eigenvalue weighted by molar-refractivity contribution is 7.21. The quantitative estimate of drug-likeness (QED) is 0.906. The lowest BCUT2D eigenvalue weighted by Gasteiger charge is -2.14. The lowest BCUT2D eigenvalue weighted by molar-refractivity contribution is -0.128. The fourth-order valence-corrected chi connectivity index (χ4v) is 3.12. The van der Waals surface area contributed by atoms with Crippen LogP contribution in [0.4, 0.5) is 5.69 Å². The van der Waals surface area contributed by atoms with Crippen LogP contribution in [0.1, 0.15) is 16.6 Å². The van der Waals surface area contributed by atoms with Gasteiger partial charge < -0.3 is 16.0 Å². The van der Waals surface area contributed by atoms with Crippen molar-refractivity contribution in [1.29, 1.82) is 0 Å². The Labute approximate surface area is 131 Å². The maximum absolute atomic E-state index is 12.2. The van der Waals surface area contributed by atoms with Gasteiger partial charge in [0.15, 0.2) is 0 Å². The third-order valence-electron chi connectivity index (χ3n) is 3.20. The molecule has 0 bridgehead atoms. The largest absolute Gasteiger partial charge is 0.397 e. The number of hydrogen-bond acceptors (Lipinski definition) is 4. The predicted octanol–water partition coefficient (Wildman–Crippen LogP) is 2.34. The first-order chi connectivity index (χ1) is 9.93. The molecule has 2 aromatic rings. The first-order valence-corrected chi connectivity index (χ1v) is 7.63. The van der Waals surface area contributed by atoms with Gasteiger partial charge in [-0.1, -0.05) is 11.6 Å². The smallest absolute Gasteiger partial charge is 0.263 e. The van der Waals surface area contributed by atoms with Crippen molar-refractivity contribution in [2.45, 2.75) is 6.92 Å². The molecule has 0 unspecified atom stereocenters. The molecule has 0 fully saturated rings. The van der Waals surface area contributed by atoms with E-state index in [1.165, 1.54) is 16.2 Å². The summed E-state index contributed by atoms with van der Waals surface area (Å²) in [4.78, 5) is 25.8. The number of carbonyl (C=O) groups is 2. The van der Waals surface area contributed by atoms with Crippen molar-refractivity contribution in [3.8, 4) is 0 Å². The summed E-state index contributed by atoms with van der Waals surface area (Å²) in [6, 6.07) is 5.29. The van der Waals surface area contributed by atoms with Gasteiger partial charge in [0, 0.05) is 28.7 Å². The van der Waals surface area contributed by atoms with Crippen LogP contribution in [0.2, 0.25) is 5.02 Å². The standard InChI is InChI=1S/C14H16ClN3O2S/c1-3-18(2)11(19)7-17-14(20)13-12(16)9-5-4-8(15)6-10(9)21-13/h4-6H,3,7,16H2,1-2H3,(H,17,20). The van der Waals surface area contributed by atoms with Crippen LogP contribution in [0.25, 0.3) is 10.1 Å². The molecule has 0 atom stereocenters. The Hall–Kier alpha value is -1.79. The molecule has 0 aliphatic carbocycles. The van der Waals surface area contributed by atoms with E-state index in [2.05, 4.69) is 5.32 Å². The van der Waals surface area contributed by atoms with Crippen molar-refractivity contribution in [3.63, 3.8) is 0 Å². The molecule has 0 spiro atoms. The first kappa shape index (κ1) is 15.6. The molecule has 0 aliphatic rings. The van der Waals surface area contributed by atoms with E-state index in [0.29, 0.717) is 22.1 Å². The second-order valence-corrected chi connectivity index (χ2v) is 6.06. The van der Waals surface area contributed by atoms with Gasteiger partial charge in [-0.05, 0) is 25.1 Å². The number of thiophene rings is 1. The molecular weight excluding hydrogens is 310 g/mol. The number of nitrogen functional groups attached to an aromatic ring is 1. The van der Waals surface area contributed by atoms with E-state index in [0.717, 1.165) is 10.1 Å².